The van der Waals surface area contributed by atoms with Crippen LogP contribution in [0.15, 0.2) is 0 Å². The Balaban J connectivity index is 2.35. The van der Waals surface area contributed by atoms with Gasteiger partial charge in [-0.3, -0.25) is 4.90 Å². The second-order valence-electron chi connectivity index (χ2n) is 4.88. The van der Waals surface area contributed by atoms with Crippen molar-refractivity contribution in [2.75, 3.05) is 13.1 Å². The van der Waals surface area contributed by atoms with Crippen molar-refractivity contribution in [3.63, 3.8) is 0 Å². The molecule has 0 aliphatic carbocycles. The molecular weight excluding hydrogens is 150 g/mol. The molecule has 1 atom stereocenters. The van der Waals surface area contributed by atoms with Crippen LogP contribution in [0.25, 0.3) is 0 Å². The maximum Gasteiger partial charge on any atom is 0.0718 e. The molecule has 1 aliphatic rings. The summed E-state index contributed by atoms with van der Waals surface area (Å²) in [6, 6.07) is 0.705. The summed E-state index contributed by atoms with van der Waals surface area (Å²) in [5.41, 5.74) is -0.534. The van der Waals surface area contributed by atoms with Crippen molar-refractivity contribution in [3.8, 4) is 0 Å². The zero-order valence-corrected chi connectivity index (χ0v) is 8.67. The molecule has 0 spiro atoms. The van der Waals surface area contributed by atoms with E-state index in [0.717, 1.165) is 19.0 Å². The molecule has 12 heavy (non-hydrogen) atoms. The summed E-state index contributed by atoms with van der Waals surface area (Å²) in [5.74, 6) is 0.723. The average molecular weight is 171 g/mol. The second kappa shape index (κ2) is 3.35. The first-order valence-corrected chi connectivity index (χ1v) is 4.86. The first kappa shape index (κ1) is 10.0. The van der Waals surface area contributed by atoms with Gasteiger partial charge in [-0.25, -0.2) is 0 Å². The van der Waals surface area contributed by atoms with Crippen LogP contribution in [0.4, 0.5) is 0 Å². The molecule has 1 saturated heterocycles. The Kier molecular flexibility index (Phi) is 2.79. The lowest BCUT2D eigenvalue weighted by molar-refractivity contribution is -0.0284. The van der Waals surface area contributed by atoms with Crippen molar-refractivity contribution >= 4 is 0 Å². The predicted octanol–water partition coefficient (Wildman–Crippen LogP) is 1.49. The third kappa shape index (κ3) is 2.46. The summed E-state index contributed by atoms with van der Waals surface area (Å²) in [6.45, 7) is 10.2. The van der Waals surface area contributed by atoms with Crippen LogP contribution in [0.3, 0.4) is 0 Å². The fourth-order valence-corrected chi connectivity index (χ4v) is 1.91. The van der Waals surface area contributed by atoms with E-state index in [4.69, 9.17) is 0 Å². The molecule has 0 aromatic carbocycles. The van der Waals surface area contributed by atoms with Gasteiger partial charge in [0.2, 0.25) is 0 Å². The summed E-state index contributed by atoms with van der Waals surface area (Å²) >= 11 is 0. The summed E-state index contributed by atoms with van der Waals surface area (Å²) in [5, 5.41) is 9.61. The Morgan fingerprint density at radius 3 is 2.33 bits per heavy atom. The molecule has 1 heterocycles. The van der Waals surface area contributed by atoms with E-state index < -0.39 is 5.60 Å². The molecule has 1 fully saturated rings. The van der Waals surface area contributed by atoms with Gasteiger partial charge in [0.05, 0.1) is 5.60 Å². The van der Waals surface area contributed by atoms with Crippen LogP contribution in [0, 0.1) is 5.92 Å². The minimum absolute atomic E-state index is 0.534. The van der Waals surface area contributed by atoms with Crippen molar-refractivity contribution in [3.05, 3.63) is 0 Å². The van der Waals surface area contributed by atoms with Gasteiger partial charge in [0.1, 0.15) is 0 Å². The normalized spacial score (nSPS) is 26.0. The molecule has 0 bridgehead atoms. The summed E-state index contributed by atoms with van der Waals surface area (Å²) in [6.07, 6.45) is 1.30. The molecule has 0 aromatic heterocycles. The van der Waals surface area contributed by atoms with Gasteiger partial charge < -0.3 is 5.11 Å². The molecule has 2 nitrogen and oxygen atoms in total. The van der Waals surface area contributed by atoms with E-state index in [2.05, 4.69) is 18.7 Å². The minimum atomic E-state index is -0.534. The van der Waals surface area contributed by atoms with E-state index in [0.29, 0.717) is 6.04 Å². The smallest absolute Gasteiger partial charge is 0.0718 e. The van der Waals surface area contributed by atoms with Crippen molar-refractivity contribution in [2.45, 2.75) is 45.8 Å². The number of aliphatic hydroxyl groups is 1. The number of hydrogen-bond donors (Lipinski definition) is 1. The molecule has 1 N–H and O–H groups in total. The number of hydrogen-bond acceptors (Lipinski definition) is 2. The Morgan fingerprint density at radius 2 is 2.08 bits per heavy atom. The van der Waals surface area contributed by atoms with Gasteiger partial charge >= 0.3 is 0 Å². The second-order valence-corrected chi connectivity index (χ2v) is 4.88. The maximum absolute atomic E-state index is 9.61. The summed E-state index contributed by atoms with van der Waals surface area (Å²) in [4.78, 5) is 2.38. The number of rotatable bonds is 3. The third-order valence-corrected chi connectivity index (χ3v) is 2.54. The molecule has 1 rings (SSSR count). The largest absolute Gasteiger partial charge is 0.389 e. The average Bonchev–Trinajstić information content (AvgIpc) is 1.77. The standard InChI is InChI=1S/C10H21NO/c1-8(2)9-5-6-11(9)7-10(3,4)12/h8-9,12H,5-7H2,1-4H3. The highest BCUT2D eigenvalue weighted by Crippen LogP contribution is 2.25. The first-order valence-electron chi connectivity index (χ1n) is 4.86. The zero-order chi connectivity index (χ0) is 9.35. The molecule has 1 aliphatic heterocycles. The number of likely N-dealkylation sites (tertiary alicyclic amines) is 1. The minimum Gasteiger partial charge on any atom is -0.389 e. The van der Waals surface area contributed by atoms with Gasteiger partial charge in [-0.05, 0) is 26.2 Å². The van der Waals surface area contributed by atoms with Crippen LogP contribution < -0.4 is 0 Å². The Bertz CT molecular complexity index is 148. The highest BCUT2D eigenvalue weighted by molar-refractivity contribution is 4.88. The lowest BCUT2D eigenvalue weighted by Gasteiger charge is -2.46. The van der Waals surface area contributed by atoms with Crippen LogP contribution in [-0.4, -0.2) is 34.7 Å². The van der Waals surface area contributed by atoms with Gasteiger partial charge in [-0.15, -0.1) is 0 Å². The van der Waals surface area contributed by atoms with E-state index in [1.165, 1.54) is 6.42 Å². The van der Waals surface area contributed by atoms with Gasteiger partial charge in [0.15, 0.2) is 0 Å². The van der Waals surface area contributed by atoms with Gasteiger partial charge in [-0.1, -0.05) is 13.8 Å². The number of β-amino-alcohol motifs (C(OH)–C–C–N with tert-alkyl or cyclic N) is 1. The lowest BCUT2D eigenvalue weighted by Crippen LogP contribution is -2.55. The third-order valence-electron chi connectivity index (χ3n) is 2.54. The molecular formula is C10H21NO. The first-order chi connectivity index (χ1) is 5.40. The topological polar surface area (TPSA) is 23.5 Å². The Labute approximate surface area is 75.6 Å². The van der Waals surface area contributed by atoms with Crippen molar-refractivity contribution in [1.82, 2.24) is 4.90 Å². The molecule has 2 heteroatoms. The van der Waals surface area contributed by atoms with Crippen LogP contribution >= 0.6 is 0 Å². The van der Waals surface area contributed by atoms with Crippen LogP contribution in [-0.2, 0) is 0 Å². The fraction of sp³-hybridized carbons (Fsp3) is 1.00. The molecule has 72 valence electrons. The van der Waals surface area contributed by atoms with Crippen LogP contribution in [0.2, 0.25) is 0 Å². The highest BCUT2D eigenvalue weighted by atomic mass is 16.3. The SMILES string of the molecule is CC(C)C1CCN1CC(C)(C)O. The highest BCUT2D eigenvalue weighted by Gasteiger charge is 2.33. The molecule has 0 saturated carbocycles. The zero-order valence-electron chi connectivity index (χ0n) is 8.67. The quantitative estimate of drug-likeness (QED) is 0.695. The summed E-state index contributed by atoms with van der Waals surface area (Å²) in [7, 11) is 0. The van der Waals surface area contributed by atoms with E-state index >= 15 is 0 Å². The predicted molar refractivity (Wildman–Crippen MR) is 51.1 cm³/mol. The Hall–Kier alpha value is -0.0800. The van der Waals surface area contributed by atoms with Gasteiger partial charge in [0, 0.05) is 19.1 Å². The molecule has 1 unspecified atom stereocenters. The van der Waals surface area contributed by atoms with Crippen molar-refractivity contribution < 1.29 is 5.11 Å². The Morgan fingerprint density at radius 1 is 1.50 bits per heavy atom. The van der Waals surface area contributed by atoms with E-state index in [9.17, 15) is 5.11 Å². The van der Waals surface area contributed by atoms with Gasteiger partial charge in [-0.2, -0.15) is 0 Å². The van der Waals surface area contributed by atoms with Crippen LogP contribution in [0.1, 0.15) is 34.1 Å². The van der Waals surface area contributed by atoms with E-state index in [1.807, 2.05) is 13.8 Å². The lowest BCUT2D eigenvalue weighted by atomic mass is 9.90. The van der Waals surface area contributed by atoms with Crippen LogP contribution in [0.5, 0.6) is 0 Å². The van der Waals surface area contributed by atoms with E-state index in [1.54, 1.807) is 0 Å². The summed E-state index contributed by atoms with van der Waals surface area (Å²) < 4.78 is 0. The number of nitrogens with zero attached hydrogens (tertiary/aromatic N) is 1. The molecule has 0 amide bonds. The maximum atomic E-state index is 9.61. The molecule has 0 aromatic rings. The van der Waals surface area contributed by atoms with Crippen molar-refractivity contribution in [2.24, 2.45) is 5.92 Å². The van der Waals surface area contributed by atoms with Gasteiger partial charge in [0.25, 0.3) is 0 Å². The monoisotopic (exact) mass is 171 g/mol. The molecule has 0 radical (unpaired) electrons. The fourth-order valence-electron chi connectivity index (χ4n) is 1.91. The van der Waals surface area contributed by atoms with Crippen molar-refractivity contribution in [1.29, 1.82) is 0 Å². The van der Waals surface area contributed by atoms with E-state index in [-0.39, 0.29) is 0 Å².